The molecule has 1 rings (SSSR count). The predicted molar refractivity (Wildman–Crippen MR) is 65.7 cm³/mol. The minimum Gasteiger partial charge on any atom is -0.376 e. The molecule has 0 fully saturated rings. The molecule has 0 heterocycles. The molecule has 0 saturated carbocycles. The number of nitriles is 1. The Bertz CT molecular complexity index is 497. The van der Waals surface area contributed by atoms with Crippen molar-refractivity contribution in [1.29, 1.82) is 5.26 Å². The third-order valence-electron chi connectivity index (χ3n) is 2.13. The molecule has 1 aromatic rings. The fourth-order valence-electron chi connectivity index (χ4n) is 1.27. The Morgan fingerprint density at radius 2 is 2.29 bits per heavy atom. The number of benzene rings is 1. The number of anilines is 1. The molecule has 1 aromatic carbocycles. The van der Waals surface area contributed by atoms with E-state index in [1.54, 1.807) is 12.1 Å². The van der Waals surface area contributed by atoms with Crippen LogP contribution in [0.3, 0.4) is 0 Å². The fraction of sp³-hybridized carbons (Fsp3) is 0.250. The van der Waals surface area contributed by atoms with Crippen molar-refractivity contribution in [2.24, 2.45) is 0 Å². The van der Waals surface area contributed by atoms with Gasteiger partial charge in [0.15, 0.2) is 0 Å². The fourth-order valence-corrected chi connectivity index (χ4v) is 1.27. The summed E-state index contributed by atoms with van der Waals surface area (Å²) >= 11 is 0. The third-order valence-corrected chi connectivity index (χ3v) is 2.13. The Kier molecular flexibility index (Phi) is 4.23. The monoisotopic (exact) mass is 231 g/mol. The summed E-state index contributed by atoms with van der Waals surface area (Å²) < 4.78 is 0. The highest BCUT2D eigenvalue weighted by atomic mass is 16.6. The van der Waals surface area contributed by atoms with Gasteiger partial charge >= 0.3 is 0 Å². The van der Waals surface area contributed by atoms with Gasteiger partial charge in [-0.3, -0.25) is 10.1 Å². The molecular weight excluding hydrogens is 218 g/mol. The standard InChI is InChI=1S/C12H13N3O2/c1-9(2)5-6-14-11-4-3-10(8-13)7-12(11)15(16)17/h3-5,7,14H,6H2,1-2H3. The number of nitro groups is 1. The minimum absolute atomic E-state index is 0.0776. The second-order valence-electron chi connectivity index (χ2n) is 3.76. The van der Waals surface area contributed by atoms with Crippen molar-refractivity contribution in [3.63, 3.8) is 0 Å². The number of hydrogen-bond donors (Lipinski definition) is 1. The zero-order valence-electron chi connectivity index (χ0n) is 9.73. The molecule has 5 nitrogen and oxygen atoms in total. The lowest BCUT2D eigenvalue weighted by molar-refractivity contribution is -0.384. The Labute approximate surface area is 99.5 Å². The summed E-state index contributed by atoms with van der Waals surface area (Å²) in [5.74, 6) is 0. The number of nitro benzene ring substituents is 1. The second-order valence-corrected chi connectivity index (χ2v) is 3.76. The van der Waals surface area contributed by atoms with Crippen molar-refractivity contribution in [1.82, 2.24) is 0 Å². The highest BCUT2D eigenvalue weighted by molar-refractivity contribution is 5.64. The van der Waals surface area contributed by atoms with Gasteiger partial charge in [-0.15, -0.1) is 0 Å². The molecule has 1 N–H and O–H groups in total. The topological polar surface area (TPSA) is 79.0 Å². The first-order valence-electron chi connectivity index (χ1n) is 5.10. The Hall–Kier alpha value is -2.35. The summed E-state index contributed by atoms with van der Waals surface area (Å²) in [6.45, 7) is 4.43. The lowest BCUT2D eigenvalue weighted by atomic mass is 10.2. The summed E-state index contributed by atoms with van der Waals surface area (Å²) in [5, 5.41) is 22.5. The number of nitrogens with one attached hydrogen (secondary N) is 1. The molecule has 0 radical (unpaired) electrons. The first kappa shape index (κ1) is 12.7. The molecule has 5 heteroatoms. The first-order chi connectivity index (χ1) is 8.04. The molecule has 0 spiro atoms. The van der Waals surface area contributed by atoms with Gasteiger partial charge in [0, 0.05) is 12.6 Å². The molecule has 0 aromatic heterocycles. The average Bonchev–Trinajstić information content (AvgIpc) is 2.28. The van der Waals surface area contributed by atoms with Crippen molar-refractivity contribution in [2.45, 2.75) is 13.8 Å². The first-order valence-corrected chi connectivity index (χ1v) is 5.10. The van der Waals surface area contributed by atoms with E-state index in [0.717, 1.165) is 5.57 Å². The Balaban J connectivity index is 2.96. The van der Waals surface area contributed by atoms with Crippen LogP contribution in [-0.4, -0.2) is 11.5 Å². The smallest absolute Gasteiger partial charge is 0.293 e. The second kappa shape index (κ2) is 5.66. The van der Waals surface area contributed by atoms with Crippen LogP contribution < -0.4 is 5.32 Å². The maximum absolute atomic E-state index is 10.8. The van der Waals surface area contributed by atoms with Gasteiger partial charge in [0.05, 0.1) is 16.6 Å². The molecule has 0 unspecified atom stereocenters. The van der Waals surface area contributed by atoms with E-state index in [0.29, 0.717) is 12.2 Å². The van der Waals surface area contributed by atoms with Crippen LogP contribution in [0.4, 0.5) is 11.4 Å². The molecule has 0 aliphatic carbocycles. The van der Waals surface area contributed by atoms with Crippen LogP contribution in [0.15, 0.2) is 29.8 Å². The van der Waals surface area contributed by atoms with Crippen molar-refractivity contribution >= 4 is 11.4 Å². The van der Waals surface area contributed by atoms with E-state index >= 15 is 0 Å². The molecule has 0 saturated heterocycles. The number of hydrogen-bond acceptors (Lipinski definition) is 4. The van der Waals surface area contributed by atoms with Crippen LogP contribution in [-0.2, 0) is 0 Å². The van der Waals surface area contributed by atoms with Gasteiger partial charge in [-0.1, -0.05) is 11.6 Å². The van der Waals surface area contributed by atoms with Crippen LogP contribution in [0.5, 0.6) is 0 Å². The summed E-state index contributed by atoms with van der Waals surface area (Å²) in [4.78, 5) is 10.3. The van der Waals surface area contributed by atoms with Crippen molar-refractivity contribution in [3.05, 3.63) is 45.5 Å². The van der Waals surface area contributed by atoms with Crippen LogP contribution >= 0.6 is 0 Å². The molecular formula is C12H13N3O2. The largest absolute Gasteiger partial charge is 0.376 e. The number of nitrogens with zero attached hydrogens (tertiary/aromatic N) is 2. The van der Waals surface area contributed by atoms with E-state index in [1.165, 1.54) is 6.07 Å². The zero-order valence-corrected chi connectivity index (χ0v) is 9.73. The van der Waals surface area contributed by atoms with Crippen LogP contribution in [0.1, 0.15) is 19.4 Å². The van der Waals surface area contributed by atoms with Crippen LogP contribution in [0.2, 0.25) is 0 Å². The van der Waals surface area contributed by atoms with E-state index in [2.05, 4.69) is 5.32 Å². The summed E-state index contributed by atoms with van der Waals surface area (Å²) in [6.07, 6.45) is 1.93. The van der Waals surface area contributed by atoms with Gasteiger partial charge in [0.1, 0.15) is 5.69 Å². The van der Waals surface area contributed by atoms with Gasteiger partial charge in [0.2, 0.25) is 0 Å². The van der Waals surface area contributed by atoms with Gasteiger partial charge in [-0.2, -0.15) is 5.26 Å². The maximum atomic E-state index is 10.8. The van der Waals surface area contributed by atoms with E-state index in [-0.39, 0.29) is 11.3 Å². The van der Waals surface area contributed by atoms with E-state index in [1.807, 2.05) is 26.0 Å². The molecule has 0 aliphatic heterocycles. The Morgan fingerprint density at radius 3 is 2.82 bits per heavy atom. The number of allylic oxidation sites excluding steroid dienone is 1. The molecule has 88 valence electrons. The SMILES string of the molecule is CC(C)=CCNc1ccc(C#N)cc1[N+](=O)[O-]. The predicted octanol–water partition coefficient (Wildman–Crippen LogP) is 2.84. The van der Waals surface area contributed by atoms with Crippen molar-refractivity contribution < 1.29 is 4.92 Å². The maximum Gasteiger partial charge on any atom is 0.293 e. The zero-order chi connectivity index (χ0) is 12.8. The normalized spacial score (nSPS) is 9.24. The van der Waals surface area contributed by atoms with Gasteiger partial charge in [-0.25, -0.2) is 0 Å². The van der Waals surface area contributed by atoms with Gasteiger partial charge in [0.25, 0.3) is 5.69 Å². The summed E-state index contributed by atoms with van der Waals surface area (Å²) in [5.41, 5.74) is 1.76. The average molecular weight is 231 g/mol. The Morgan fingerprint density at radius 1 is 1.59 bits per heavy atom. The van der Waals surface area contributed by atoms with Crippen molar-refractivity contribution in [3.8, 4) is 6.07 Å². The van der Waals surface area contributed by atoms with Crippen LogP contribution in [0.25, 0.3) is 0 Å². The summed E-state index contributed by atoms with van der Waals surface area (Å²) in [6, 6.07) is 6.25. The van der Waals surface area contributed by atoms with E-state index in [9.17, 15) is 10.1 Å². The third kappa shape index (κ3) is 3.61. The highest BCUT2D eigenvalue weighted by Gasteiger charge is 2.13. The number of rotatable bonds is 4. The van der Waals surface area contributed by atoms with Crippen LogP contribution in [0, 0.1) is 21.4 Å². The molecule has 0 bridgehead atoms. The lowest BCUT2D eigenvalue weighted by Gasteiger charge is -2.05. The minimum atomic E-state index is -0.494. The van der Waals surface area contributed by atoms with E-state index in [4.69, 9.17) is 5.26 Å². The van der Waals surface area contributed by atoms with Gasteiger partial charge < -0.3 is 5.32 Å². The quantitative estimate of drug-likeness (QED) is 0.491. The van der Waals surface area contributed by atoms with E-state index < -0.39 is 4.92 Å². The lowest BCUT2D eigenvalue weighted by Crippen LogP contribution is -2.02. The van der Waals surface area contributed by atoms with Gasteiger partial charge in [-0.05, 0) is 26.0 Å². The molecule has 17 heavy (non-hydrogen) atoms. The molecule has 0 atom stereocenters. The van der Waals surface area contributed by atoms with Crippen molar-refractivity contribution in [2.75, 3.05) is 11.9 Å². The summed E-state index contributed by atoms with van der Waals surface area (Å²) in [7, 11) is 0. The molecule has 0 amide bonds. The highest BCUT2D eigenvalue weighted by Crippen LogP contribution is 2.25. The molecule has 0 aliphatic rings.